The number of amides is 2. The van der Waals surface area contributed by atoms with E-state index in [-0.39, 0.29) is 23.6 Å². The summed E-state index contributed by atoms with van der Waals surface area (Å²) in [6, 6.07) is 13.9. The molecule has 272 valence electrons. The summed E-state index contributed by atoms with van der Waals surface area (Å²) >= 11 is 0. The van der Waals surface area contributed by atoms with Crippen molar-refractivity contribution in [3.63, 3.8) is 0 Å². The molecule has 0 saturated heterocycles. The predicted molar refractivity (Wildman–Crippen MR) is 201 cm³/mol. The van der Waals surface area contributed by atoms with Crippen LogP contribution in [0.3, 0.4) is 0 Å². The fourth-order valence-electron chi connectivity index (χ4n) is 6.52. The van der Waals surface area contributed by atoms with Crippen LogP contribution in [0.4, 0.5) is 16.6 Å². The molecule has 0 bridgehead atoms. The number of carbonyl (C=O) groups excluding carboxylic acids is 1. The average molecular weight is 696 g/mol. The zero-order valence-electron chi connectivity index (χ0n) is 31.3. The van der Waals surface area contributed by atoms with Gasteiger partial charge in [-0.05, 0) is 70.0 Å². The van der Waals surface area contributed by atoms with Crippen LogP contribution < -0.4 is 20.3 Å². The third kappa shape index (κ3) is 8.03. The number of hydrogen-bond donors (Lipinski definition) is 2. The van der Waals surface area contributed by atoms with Crippen LogP contribution in [0, 0.1) is 0 Å². The summed E-state index contributed by atoms with van der Waals surface area (Å²) in [5.74, 6) is 2.17. The Morgan fingerprint density at radius 3 is 2.55 bits per heavy atom. The van der Waals surface area contributed by atoms with Gasteiger partial charge in [0.05, 0.1) is 36.9 Å². The smallest absolute Gasteiger partial charge is 0.320 e. The first-order valence-electron chi connectivity index (χ1n) is 18.2. The third-order valence-electron chi connectivity index (χ3n) is 9.58. The summed E-state index contributed by atoms with van der Waals surface area (Å²) in [4.78, 5) is 18.1. The molecule has 2 amide bonds. The molecular weight excluding hydrogens is 642 g/mol. The SMILES string of the molecule is CCCN(c1nnc2ccc(O[C@@H]3CC[C@H](NC(=O)Nc4cc(C(C)(C)C)nn4-c4cnn(CCN(C)C)c4)c4ccccc43)cn12)[C@H](C)CC. The van der Waals surface area contributed by atoms with E-state index in [1.807, 2.05) is 65.9 Å². The Morgan fingerprint density at radius 1 is 1.04 bits per heavy atom. The summed E-state index contributed by atoms with van der Waals surface area (Å²) in [7, 11) is 4.08. The van der Waals surface area contributed by atoms with Crippen molar-refractivity contribution in [2.24, 2.45) is 0 Å². The number of urea groups is 1. The number of anilines is 2. The minimum absolute atomic E-state index is 0.166. The average Bonchev–Trinajstić information content (AvgIpc) is 3.85. The van der Waals surface area contributed by atoms with E-state index in [1.54, 1.807) is 10.9 Å². The van der Waals surface area contributed by atoms with Gasteiger partial charge in [-0.1, -0.05) is 58.9 Å². The number of hydrogen-bond acceptors (Lipinski definition) is 8. The zero-order chi connectivity index (χ0) is 36.3. The highest BCUT2D eigenvalue weighted by Crippen LogP contribution is 2.39. The topological polar surface area (TPSA) is 123 Å². The number of nitrogens with zero attached hydrogens (tertiary/aromatic N) is 9. The van der Waals surface area contributed by atoms with Crippen LogP contribution in [0.2, 0.25) is 0 Å². The fraction of sp³-hybridized carbons (Fsp3) is 0.500. The Kier molecular flexibility index (Phi) is 10.7. The summed E-state index contributed by atoms with van der Waals surface area (Å²) < 4.78 is 12.4. The molecule has 0 spiro atoms. The van der Waals surface area contributed by atoms with Gasteiger partial charge in [-0.25, -0.2) is 9.48 Å². The molecule has 51 heavy (non-hydrogen) atoms. The number of benzene rings is 1. The second-order valence-electron chi connectivity index (χ2n) is 14.8. The Morgan fingerprint density at radius 2 is 1.82 bits per heavy atom. The molecular formula is C38H53N11O2. The molecule has 4 aromatic heterocycles. The lowest BCUT2D eigenvalue weighted by Crippen LogP contribution is -2.36. The van der Waals surface area contributed by atoms with Crippen molar-refractivity contribution in [2.75, 3.05) is 37.4 Å². The van der Waals surface area contributed by atoms with Gasteiger partial charge in [-0.3, -0.25) is 14.4 Å². The van der Waals surface area contributed by atoms with Crippen molar-refractivity contribution in [3.8, 4) is 11.4 Å². The lowest BCUT2D eigenvalue weighted by Gasteiger charge is -2.32. The van der Waals surface area contributed by atoms with Crippen molar-refractivity contribution in [2.45, 2.75) is 97.4 Å². The van der Waals surface area contributed by atoms with Crippen LogP contribution in [-0.2, 0) is 12.0 Å². The number of likely N-dealkylation sites (N-methyl/N-ethyl adjacent to an activating group) is 1. The van der Waals surface area contributed by atoms with Crippen molar-refractivity contribution in [1.82, 2.24) is 44.4 Å². The molecule has 4 heterocycles. The minimum atomic E-state index is -0.292. The molecule has 0 fully saturated rings. The maximum atomic E-state index is 13.7. The molecule has 3 atom stereocenters. The van der Waals surface area contributed by atoms with Gasteiger partial charge < -0.3 is 19.9 Å². The maximum absolute atomic E-state index is 13.7. The second-order valence-corrected chi connectivity index (χ2v) is 14.8. The quantitative estimate of drug-likeness (QED) is 0.139. The first-order chi connectivity index (χ1) is 24.4. The number of pyridine rings is 1. The van der Waals surface area contributed by atoms with Crippen molar-refractivity contribution in [1.29, 1.82) is 0 Å². The van der Waals surface area contributed by atoms with Gasteiger partial charge >= 0.3 is 6.03 Å². The number of rotatable bonds is 13. The van der Waals surface area contributed by atoms with E-state index >= 15 is 0 Å². The largest absolute Gasteiger partial charge is 0.484 e. The van der Waals surface area contributed by atoms with E-state index in [2.05, 4.69) is 89.4 Å². The monoisotopic (exact) mass is 695 g/mol. The van der Waals surface area contributed by atoms with E-state index in [0.717, 1.165) is 85.2 Å². The highest BCUT2D eigenvalue weighted by atomic mass is 16.5. The summed E-state index contributed by atoms with van der Waals surface area (Å²) in [6.07, 6.45) is 9.06. The van der Waals surface area contributed by atoms with Crippen LogP contribution in [0.5, 0.6) is 5.75 Å². The van der Waals surface area contributed by atoms with Gasteiger partial charge in [0.15, 0.2) is 5.65 Å². The Bertz CT molecular complexity index is 1940. The first kappa shape index (κ1) is 35.9. The maximum Gasteiger partial charge on any atom is 0.320 e. The van der Waals surface area contributed by atoms with Crippen LogP contribution >= 0.6 is 0 Å². The molecule has 0 radical (unpaired) electrons. The number of carbonyl (C=O) groups is 1. The van der Waals surface area contributed by atoms with Gasteiger partial charge in [0.1, 0.15) is 23.4 Å². The highest BCUT2D eigenvalue weighted by molar-refractivity contribution is 5.89. The minimum Gasteiger partial charge on any atom is -0.484 e. The van der Waals surface area contributed by atoms with E-state index in [1.165, 1.54) is 0 Å². The fourth-order valence-corrected chi connectivity index (χ4v) is 6.52. The highest BCUT2D eigenvalue weighted by Gasteiger charge is 2.30. The molecule has 13 nitrogen and oxygen atoms in total. The van der Waals surface area contributed by atoms with Crippen molar-refractivity contribution in [3.05, 3.63) is 77.9 Å². The molecule has 1 aliphatic rings. The number of aromatic nitrogens is 7. The lowest BCUT2D eigenvalue weighted by atomic mass is 9.85. The van der Waals surface area contributed by atoms with Crippen LogP contribution in [-0.4, -0.2) is 78.3 Å². The summed E-state index contributed by atoms with van der Waals surface area (Å²) in [5.41, 5.74) is 4.35. The Labute approximate surface area is 301 Å². The van der Waals surface area contributed by atoms with Crippen LogP contribution in [0.15, 0.2) is 61.1 Å². The van der Waals surface area contributed by atoms with Crippen LogP contribution in [0.1, 0.15) is 96.2 Å². The molecule has 1 aliphatic carbocycles. The molecule has 13 heteroatoms. The molecule has 2 N–H and O–H groups in total. The molecule has 1 aromatic carbocycles. The third-order valence-corrected chi connectivity index (χ3v) is 9.58. The van der Waals surface area contributed by atoms with Gasteiger partial charge in [0.25, 0.3) is 0 Å². The van der Waals surface area contributed by atoms with E-state index < -0.39 is 0 Å². The number of nitrogens with one attached hydrogen (secondary N) is 2. The summed E-state index contributed by atoms with van der Waals surface area (Å²) in [5, 5.41) is 24.7. The summed E-state index contributed by atoms with van der Waals surface area (Å²) in [6.45, 7) is 15.5. The normalized spacial score (nSPS) is 16.6. The van der Waals surface area contributed by atoms with E-state index in [0.29, 0.717) is 11.9 Å². The van der Waals surface area contributed by atoms with Gasteiger partial charge in [-0.2, -0.15) is 10.2 Å². The van der Waals surface area contributed by atoms with Crippen LogP contribution in [0.25, 0.3) is 11.3 Å². The van der Waals surface area contributed by atoms with Gasteiger partial charge in [0, 0.05) is 30.6 Å². The van der Waals surface area contributed by atoms with E-state index in [9.17, 15) is 4.79 Å². The molecule has 0 unspecified atom stereocenters. The molecule has 0 saturated carbocycles. The number of ether oxygens (including phenoxy) is 1. The van der Waals surface area contributed by atoms with E-state index in [4.69, 9.17) is 9.84 Å². The standard InChI is InChI=1S/C38H53N11O2/c1-9-19-47(26(3)10-2)37-43-42-34-18-15-28(25-48(34)37)51-32-17-16-31(29-13-11-12-14-30(29)32)40-36(50)41-35-22-33(38(4,5)6)44-49(35)27-23-39-46(24-27)21-20-45(7)8/h11-15,18,22-26,31-32H,9-10,16-17,19-21H2,1-8H3,(H2,40,41,50)/t26-,31+,32-/m1/s1. The second kappa shape index (κ2) is 15.1. The van der Waals surface area contributed by atoms with Gasteiger partial charge in [0.2, 0.25) is 5.95 Å². The van der Waals surface area contributed by atoms with Crippen molar-refractivity contribution < 1.29 is 9.53 Å². The molecule has 6 rings (SSSR count). The van der Waals surface area contributed by atoms with Gasteiger partial charge in [-0.15, -0.1) is 10.2 Å². The lowest BCUT2D eigenvalue weighted by molar-refractivity contribution is 0.171. The predicted octanol–water partition coefficient (Wildman–Crippen LogP) is 6.76. The Balaban J connectivity index is 1.19. The van der Waals surface area contributed by atoms with Crippen molar-refractivity contribution >= 4 is 23.4 Å². The first-order valence-corrected chi connectivity index (χ1v) is 18.2. The zero-order valence-corrected chi connectivity index (χ0v) is 31.3. The molecule has 0 aliphatic heterocycles. The number of fused-ring (bicyclic) bond motifs is 2. The molecule has 5 aromatic rings. The Hall–Kier alpha value is -4.91.